The lowest BCUT2D eigenvalue weighted by Gasteiger charge is -2.29. The van der Waals surface area contributed by atoms with Crippen molar-refractivity contribution in [3.63, 3.8) is 0 Å². The number of nitrogens with one attached hydrogen (secondary N) is 1. The number of rotatable bonds is 2. The van der Waals surface area contributed by atoms with Gasteiger partial charge in [-0.25, -0.2) is 4.79 Å². The van der Waals surface area contributed by atoms with E-state index in [1.54, 1.807) is 36.1 Å². The number of benzene rings is 1. The zero-order valence-electron chi connectivity index (χ0n) is 14.5. The Morgan fingerprint density at radius 1 is 1.23 bits per heavy atom. The first kappa shape index (κ1) is 16.6. The van der Waals surface area contributed by atoms with Gasteiger partial charge in [0, 0.05) is 19.0 Å². The van der Waals surface area contributed by atoms with Crippen molar-refractivity contribution in [1.82, 2.24) is 9.80 Å². The predicted molar refractivity (Wildman–Crippen MR) is 93.5 cm³/mol. The topological polar surface area (TPSA) is 90.0 Å². The van der Waals surface area contributed by atoms with E-state index in [0.717, 1.165) is 11.3 Å². The number of anilines is 2. The zero-order valence-corrected chi connectivity index (χ0v) is 14.5. The van der Waals surface area contributed by atoms with Gasteiger partial charge in [-0.15, -0.1) is 0 Å². The summed E-state index contributed by atoms with van der Waals surface area (Å²) in [5.74, 6) is -0.843. The SMILES string of the molecule is CC1CC(=O)Nc2ccccc2N1C(=O)CN1C(=O)C2CCCN2C1=O. The minimum atomic E-state index is -0.424. The van der Waals surface area contributed by atoms with Crippen LogP contribution in [0, 0.1) is 0 Å². The number of carbonyl (C=O) groups excluding carboxylic acids is 4. The molecule has 3 aliphatic rings. The highest BCUT2D eigenvalue weighted by Gasteiger charge is 2.48. The molecule has 26 heavy (non-hydrogen) atoms. The Balaban J connectivity index is 1.60. The highest BCUT2D eigenvalue weighted by Crippen LogP contribution is 2.32. The number of imide groups is 1. The highest BCUT2D eigenvalue weighted by atomic mass is 16.2. The van der Waals surface area contributed by atoms with Crippen molar-refractivity contribution >= 4 is 35.1 Å². The molecule has 8 nitrogen and oxygen atoms in total. The fourth-order valence-electron chi connectivity index (χ4n) is 4.01. The number of hydrogen-bond acceptors (Lipinski definition) is 4. The molecule has 0 aliphatic carbocycles. The van der Waals surface area contributed by atoms with Crippen LogP contribution in [-0.4, -0.2) is 58.7 Å². The van der Waals surface area contributed by atoms with Crippen molar-refractivity contribution in [2.75, 3.05) is 23.3 Å². The lowest BCUT2D eigenvalue weighted by Crippen LogP contribution is -2.47. The van der Waals surface area contributed by atoms with Crippen molar-refractivity contribution in [2.24, 2.45) is 0 Å². The molecule has 5 amide bonds. The van der Waals surface area contributed by atoms with Crippen molar-refractivity contribution in [2.45, 2.75) is 38.3 Å². The lowest BCUT2D eigenvalue weighted by atomic mass is 10.1. The normalized spacial score (nSPS) is 25.1. The molecular formula is C18H20N4O4. The van der Waals surface area contributed by atoms with Gasteiger partial charge >= 0.3 is 6.03 Å². The Labute approximate surface area is 150 Å². The van der Waals surface area contributed by atoms with Gasteiger partial charge in [0.05, 0.1) is 11.4 Å². The van der Waals surface area contributed by atoms with Crippen molar-refractivity contribution < 1.29 is 19.2 Å². The average molecular weight is 356 g/mol. The van der Waals surface area contributed by atoms with E-state index in [4.69, 9.17) is 0 Å². The monoisotopic (exact) mass is 356 g/mol. The average Bonchev–Trinajstić information content (AvgIpc) is 3.12. The number of fused-ring (bicyclic) bond motifs is 2. The number of hydrogen-bond donors (Lipinski definition) is 1. The van der Waals surface area contributed by atoms with E-state index < -0.39 is 12.1 Å². The third-order valence-corrected chi connectivity index (χ3v) is 5.20. The van der Waals surface area contributed by atoms with Gasteiger partial charge in [0.2, 0.25) is 11.8 Å². The molecule has 2 unspecified atom stereocenters. The minimum absolute atomic E-state index is 0.150. The van der Waals surface area contributed by atoms with Gasteiger partial charge in [0.1, 0.15) is 12.6 Å². The summed E-state index contributed by atoms with van der Waals surface area (Å²) in [6.45, 7) is 2.03. The second-order valence-corrected chi connectivity index (χ2v) is 6.94. The molecule has 136 valence electrons. The molecule has 2 atom stereocenters. The van der Waals surface area contributed by atoms with Gasteiger partial charge in [0.25, 0.3) is 5.91 Å². The van der Waals surface area contributed by atoms with Crippen LogP contribution in [0.4, 0.5) is 16.2 Å². The third-order valence-electron chi connectivity index (χ3n) is 5.20. The van der Waals surface area contributed by atoms with Crippen LogP contribution in [0.2, 0.25) is 0 Å². The van der Waals surface area contributed by atoms with Crippen LogP contribution in [0.3, 0.4) is 0 Å². The summed E-state index contributed by atoms with van der Waals surface area (Å²) < 4.78 is 0. The van der Waals surface area contributed by atoms with E-state index in [2.05, 4.69) is 5.32 Å². The molecule has 1 aromatic carbocycles. The maximum Gasteiger partial charge on any atom is 0.327 e. The van der Waals surface area contributed by atoms with Gasteiger partial charge in [-0.3, -0.25) is 19.3 Å². The van der Waals surface area contributed by atoms with Crippen LogP contribution >= 0.6 is 0 Å². The van der Waals surface area contributed by atoms with Gasteiger partial charge in [-0.1, -0.05) is 12.1 Å². The molecule has 0 aromatic heterocycles. The zero-order chi connectivity index (χ0) is 18.4. The molecule has 2 fully saturated rings. The standard InChI is InChI=1S/C18H20N4O4/c1-11-9-15(23)19-12-5-2-3-6-13(12)22(11)16(24)10-21-17(25)14-7-4-8-20(14)18(21)26/h2-3,5-6,11,14H,4,7-10H2,1H3,(H,19,23). The maximum atomic E-state index is 13.0. The number of amides is 5. The summed E-state index contributed by atoms with van der Waals surface area (Å²) in [4.78, 5) is 54.1. The summed E-state index contributed by atoms with van der Waals surface area (Å²) in [7, 11) is 0. The Kier molecular flexibility index (Phi) is 3.90. The van der Waals surface area contributed by atoms with Gasteiger partial charge in [-0.05, 0) is 31.9 Å². The Bertz CT molecular complexity index is 786. The summed E-state index contributed by atoms with van der Waals surface area (Å²) in [6.07, 6.45) is 1.61. The highest BCUT2D eigenvalue weighted by molar-refractivity contribution is 6.10. The molecule has 0 saturated carbocycles. The molecule has 0 spiro atoms. The second-order valence-electron chi connectivity index (χ2n) is 6.94. The van der Waals surface area contributed by atoms with E-state index in [1.807, 2.05) is 0 Å². The third kappa shape index (κ3) is 2.53. The molecule has 4 rings (SSSR count). The second kappa shape index (κ2) is 6.12. The Morgan fingerprint density at radius 2 is 2.00 bits per heavy atom. The van der Waals surface area contributed by atoms with E-state index in [1.165, 1.54) is 4.90 Å². The number of para-hydroxylation sites is 2. The largest absolute Gasteiger partial charge is 0.327 e. The summed E-state index contributed by atoms with van der Waals surface area (Å²) in [5.41, 5.74) is 1.13. The molecule has 2 saturated heterocycles. The van der Waals surface area contributed by atoms with E-state index in [-0.39, 0.29) is 36.7 Å². The summed E-state index contributed by atoms with van der Waals surface area (Å²) >= 11 is 0. The minimum Gasteiger partial charge on any atom is -0.324 e. The lowest BCUT2D eigenvalue weighted by molar-refractivity contribution is -0.131. The van der Waals surface area contributed by atoms with Crippen LogP contribution in [0.1, 0.15) is 26.2 Å². The fourth-order valence-corrected chi connectivity index (χ4v) is 4.01. The Morgan fingerprint density at radius 3 is 2.77 bits per heavy atom. The molecule has 0 radical (unpaired) electrons. The fraction of sp³-hybridized carbons (Fsp3) is 0.444. The van der Waals surface area contributed by atoms with Crippen molar-refractivity contribution in [3.8, 4) is 0 Å². The molecule has 1 aromatic rings. The molecule has 3 aliphatic heterocycles. The van der Waals surface area contributed by atoms with E-state index in [0.29, 0.717) is 24.3 Å². The smallest absolute Gasteiger partial charge is 0.324 e. The summed E-state index contributed by atoms with van der Waals surface area (Å²) in [5, 5.41) is 2.79. The van der Waals surface area contributed by atoms with Gasteiger partial charge in [0.15, 0.2) is 0 Å². The van der Waals surface area contributed by atoms with Crippen LogP contribution < -0.4 is 10.2 Å². The van der Waals surface area contributed by atoms with Crippen LogP contribution in [-0.2, 0) is 14.4 Å². The molecule has 0 bridgehead atoms. The van der Waals surface area contributed by atoms with E-state index in [9.17, 15) is 19.2 Å². The number of nitrogens with zero attached hydrogens (tertiary/aromatic N) is 3. The van der Waals surface area contributed by atoms with Gasteiger partial charge in [-0.2, -0.15) is 0 Å². The maximum absolute atomic E-state index is 13.0. The molecular weight excluding hydrogens is 336 g/mol. The first-order valence-corrected chi connectivity index (χ1v) is 8.80. The summed E-state index contributed by atoms with van der Waals surface area (Å²) in [6, 6.07) is 5.85. The number of carbonyl (C=O) groups is 4. The quantitative estimate of drug-likeness (QED) is 0.806. The van der Waals surface area contributed by atoms with Crippen molar-refractivity contribution in [1.29, 1.82) is 0 Å². The van der Waals surface area contributed by atoms with E-state index >= 15 is 0 Å². The molecule has 1 N–H and O–H groups in total. The molecule has 8 heteroatoms. The Hall–Kier alpha value is -2.90. The molecule has 3 heterocycles. The van der Waals surface area contributed by atoms with Crippen molar-refractivity contribution in [3.05, 3.63) is 24.3 Å². The van der Waals surface area contributed by atoms with Crippen LogP contribution in [0.5, 0.6) is 0 Å². The first-order valence-electron chi connectivity index (χ1n) is 8.80. The van der Waals surface area contributed by atoms with Crippen LogP contribution in [0.25, 0.3) is 0 Å². The predicted octanol–water partition coefficient (Wildman–Crippen LogP) is 1.18. The van der Waals surface area contributed by atoms with Crippen LogP contribution in [0.15, 0.2) is 24.3 Å². The van der Waals surface area contributed by atoms with Gasteiger partial charge < -0.3 is 15.1 Å². The first-order chi connectivity index (χ1) is 12.5. The number of urea groups is 1.